The third kappa shape index (κ3) is 4.06. The molecule has 0 aromatic heterocycles. The first-order valence-corrected chi connectivity index (χ1v) is 6.00. The highest BCUT2D eigenvalue weighted by Crippen LogP contribution is 2.12. The Bertz CT molecular complexity index is 441. The number of nitrogens with two attached hydrogens (primary N) is 1. The molecule has 0 aliphatic heterocycles. The molecule has 0 heterocycles. The third-order valence-corrected chi connectivity index (χ3v) is 3.06. The zero-order valence-electron chi connectivity index (χ0n) is 11.4. The second-order valence-corrected chi connectivity index (χ2v) is 4.37. The van der Waals surface area contributed by atoms with Crippen LogP contribution < -0.4 is 5.73 Å². The second-order valence-electron chi connectivity index (χ2n) is 4.37. The van der Waals surface area contributed by atoms with Crippen molar-refractivity contribution >= 4 is 11.9 Å². The summed E-state index contributed by atoms with van der Waals surface area (Å²) < 4.78 is 9.27. The summed E-state index contributed by atoms with van der Waals surface area (Å²) in [6, 6.07) is 6.64. The molecule has 1 aromatic carbocycles. The molecule has 0 aliphatic rings. The van der Waals surface area contributed by atoms with E-state index < -0.39 is 0 Å². The molecule has 19 heavy (non-hydrogen) atoms. The molecule has 2 N–H and O–H groups in total. The van der Waals surface area contributed by atoms with Gasteiger partial charge in [0.15, 0.2) is 0 Å². The maximum absolute atomic E-state index is 11.4. The van der Waals surface area contributed by atoms with Gasteiger partial charge in [-0.05, 0) is 24.1 Å². The summed E-state index contributed by atoms with van der Waals surface area (Å²) in [6.07, 6.45) is 0.539. The van der Waals surface area contributed by atoms with Gasteiger partial charge in [-0.3, -0.25) is 4.79 Å². The maximum atomic E-state index is 11.4. The lowest BCUT2D eigenvalue weighted by molar-refractivity contribution is -0.145. The number of rotatable bonds is 5. The van der Waals surface area contributed by atoms with Crippen molar-refractivity contribution in [1.29, 1.82) is 0 Å². The summed E-state index contributed by atoms with van der Waals surface area (Å²) in [5, 5.41) is 0. The van der Waals surface area contributed by atoms with Crippen LogP contribution >= 0.6 is 0 Å². The molecule has 104 valence electrons. The Labute approximate surface area is 112 Å². The Morgan fingerprint density at radius 3 is 2.21 bits per heavy atom. The molecule has 2 atom stereocenters. The van der Waals surface area contributed by atoms with Gasteiger partial charge >= 0.3 is 11.9 Å². The van der Waals surface area contributed by atoms with Gasteiger partial charge in [-0.15, -0.1) is 0 Å². The predicted octanol–water partition coefficient (Wildman–Crippen LogP) is 1.15. The summed E-state index contributed by atoms with van der Waals surface area (Å²) in [5.74, 6) is -1.07. The predicted molar refractivity (Wildman–Crippen MR) is 70.6 cm³/mol. The monoisotopic (exact) mass is 265 g/mol. The Kier molecular flexibility index (Phi) is 5.51. The zero-order valence-corrected chi connectivity index (χ0v) is 11.4. The van der Waals surface area contributed by atoms with E-state index in [2.05, 4.69) is 9.47 Å². The van der Waals surface area contributed by atoms with E-state index in [1.54, 1.807) is 31.2 Å². The van der Waals surface area contributed by atoms with Gasteiger partial charge in [-0.2, -0.15) is 0 Å². The molecular weight excluding hydrogens is 246 g/mol. The highest BCUT2D eigenvalue weighted by molar-refractivity contribution is 5.89. The number of hydrogen-bond donors (Lipinski definition) is 1. The van der Waals surface area contributed by atoms with Gasteiger partial charge in [0.25, 0.3) is 0 Å². The van der Waals surface area contributed by atoms with E-state index in [1.807, 2.05) is 0 Å². The summed E-state index contributed by atoms with van der Waals surface area (Å²) in [6.45, 7) is 1.74. The van der Waals surface area contributed by atoms with Gasteiger partial charge in [-0.1, -0.05) is 19.1 Å². The number of esters is 2. The largest absolute Gasteiger partial charge is 0.469 e. The van der Waals surface area contributed by atoms with Crippen LogP contribution in [0.25, 0.3) is 0 Å². The Hall–Kier alpha value is -1.88. The molecule has 0 aliphatic carbocycles. The molecular formula is C14H19NO4. The fourth-order valence-electron chi connectivity index (χ4n) is 1.70. The van der Waals surface area contributed by atoms with Gasteiger partial charge < -0.3 is 15.2 Å². The van der Waals surface area contributed by atoms with E-state index >= 15 is 0 Å². The van der Waals surface area contributed by atoms with Crippen LogP contribution in [-0.4, -0.2) is 32.2 Å². The number of carbonyl (C=O) groups is 2. The van der Waals surface area contributed by atoms with Crippen molar-refractivity contribution in [2.45, 2.75) is 19.4 Å². The van der Waals surface area contributed by atoms with E-state index in [-0.39, 0.29) is 23.9 Å². The Morgan fingerprint density at radius 2 is 1.74 bits per heavy atom. The highest BCUT2D eigenvalue weighted by atomic mass is 16.5. The Morgan fingerprint density at radius 1 is 1.16 bits per heavy atom. The molecule has 0 saturated carbocycles. The van der Waals surface area contributed by atoms with E-state index in [0.717, 1.165) is 5.56 Å². The first-order valence-electron chi connectivity index (χ1n) is 6.00. The number of carbonyl (C=O) groups excluding carboxylic acids is 2. The molecule has 1 rings (SSSR count). The summed E-state index contributed by atoms with van der Waals surface area (Å²) >= 11 is 0. The summed E-state index contributed by atoms with van der Waals surface area (Å²) in [7, 11) is 2.68. The van der Waals surface area contributed by atoms with Crippen molar-refractivity contribution in [2.75, 3.05) is 14.2 Å². The Balaban J connectivity index is 2.67. The van der Waals surface area contributed by atoms with Gasteiger partial charge in [0.05, 0.1) is 25.7 Å². The minimum absolute atomic E-state index is 0.321. The molecule has 5 nitrogen and oxygen atoms in total. The van der Waals surface area contributed by atoms with Gasteiger partial charge in [0.1, 0.15) is 0 Å². The number of methoxy groups -OCH3 is 2. The van der Waals surface area contributed by atoms with Crippen LogP contribution in [0.15, 0.2) is 24.3 Å². The highest BCUT2D eigenvalue weighted by Gasteiger charge is 2.21. The quantitative estimate of drug-likeness (QED) is 0.808. The van der Waals surface area contributed by atoms with E-state index in [9.17, 15) is 9.59 Å². The lowest BCUT2D eigenvalue weighted by Crippen LogP contribution is -2.36. The van der Waals surface area contributed by atoms with Crippen LogP contribution in [0.5, 0.6) is 0 Å². The van der Waals surface area contributed by atoms with E-state index in [1.165, 1.54) is 14.2 Å². The van der Waals surface area contributed by atoms with Crippen LogP contribution in [0.4, 0.5) is 0 Å². The van der Waals surface area contributed by atoms with Crippen molar-refractivity contribution in [3.63, 3.8) is 0 Å². The molecule has 0 fully saturated rings. The smallest absolute Gasteiger partial charge is 0.337 e. The molecule has 1 aromatic rings. The normalized spacial score (nSPS) is 13.5. The fourth-order valence-corrected chi connectivity index (χ4v) is 1.70. The van der Waals surface area contributed by atoms with E-state index in [0.29, 0.717) is 12.0 Å². The minimum atomic E-state index is -0.376. The van der Waals surface area contributed by atoms with Crippen molar-refractivity contribution in [1.82, 2.24) is 0 Å². The first kappa shape index (κ1) is 15.2. The fraction of sp³-hybridized carbons (Fsp3) is 0.429. The zero-order chi connectivity index (χ0) is 14.4. The minimum Gasteiger partial charge on any atom is -0.469 e. The number of hydrogen-bond acceptors (Lipinski definition) is 5. The van der Waals surface area contributed by atoms with Gasteiger partial charge in [0, 0.05) is 6.04 Å². The van der Waals surface area contributed by atoms with Crippen LogP contribution in [0.1, 0.15) is 22.8 Å². The summed E-state index contributed by atoms with van der Waals surface area (Å²) in [5.41, 5.74) is 7.40. The third-order valence-electron chi connectivity index (χ3n) is 3.06. The van der Waals surface area contributed by atoms with Crippen molar-refractivity contribution in [2.24, 2.45) is 11.7 Å². The average Bonchev–Trinajstić information content (AvgIpc) is 2.45. The molecule has 0 amide bonds. The van der Waals surface area contributed by atoms with Crippen molar-refractivity contribution in [3.05, 3.63) is 35.4 Å². The average molecular weight is 265 g/mol. The summed E-state index contributed by atoms with van der Waals surface area (Å²) in [4.78, 5) is 22.6. The topological polar surface area (TPSA) is 78.6 Å². The van der Waals surface area contributed by atoms with Crippen LogP contribution in [0, 0.1) is 5.92 Å². The van der Waals surface area contributed by atoms with Crippen molar-refractivity contribution < 1.29 is 19.1 Å². The molecule has 0 bridgehead atoms. The van der Waals surface area contributed by atoms with Crippen molar-refractivity contribution in [3.8, 4) is 0 Å². The van der Waals surface area contributed by atoms with E-state index in [4.69, 9.17) is 5.73 Å². The number of benzene rings is 1. The molecule has 0 spiro atoms. The standard InChI is InChI=1S/C14H19NO4/c1-9(13(16)18-2)12(15)8-10-4-6-11(7-5-10)14(17)19-3/h4-7,9,12H,8,15H2,1-3H3. The molecule has 2 unspecified atom stereocenters. The SMILES string of the molecule is COC(=O)c1ccc(CC(N)C(C)C(=O)OC)cc1. The van der Waals surface area contributed by atoms with Crippen LogP contribution in [-0.2, 0) is 20.7 Å². The number of ether oxygens (including phenoxy) is 2. The molecule has 0 saturated heterocycles. The van der Waals surface area contributed by atoms with Crippen LogP contribution in [0.3, 0.4) is 0 Å². The lowest BCUT2D eigenvalue weighted by atomic mass is 9.95. The molecule has 5 heteroatoms. The first-order chi connectivity index (χ1) is 8.99. The van der Waals surface area contributed by atoms with Crippen LogP contribution in [0.2, 0.25) is 0 Å². The second kappa shape index (κ2) is 6.89. The molecule has 0 radical (unpaired) electrons. The van der Waals surface area contributed by atoms with Gasteiger partial charge in [0.2, 0.25) is 0 Å². The maximum Gasteiger partial charge on any atom is 0.337 e. The lowest BCUT2D eigenvalue weighted by Gasteiger charge is -2.17. The van der Waals surface area contributed by atoms with Gasteiger partial charge in [-0.25, -0.2) is 4.79 Å².